The molecule has 2 rings (SSSR count). The van der Waals surface area contributed by atoms with Gasteiger partial charge in [-0.3, -0.25) is 15.3 Å². The normalized spacial score (nSPS) is 12.4. The van der Waals surface area contributed by atoms with Crippen molar-refractivity contribution in [2.45, 2.75) is 39.5 Å². The summed E-state index contributed by atoms with van der Waals surface area (Å²) in [4.78, 5) is 20.0. The average molecular weight is 369 g/mol. The second kappa shape index (κ2) is 10.9. The number of aromatic nitrogens is 1. The molecule has 0 radical (unpaired) electrons. The molecule has 7 heteroatoms. The molecule has 7 nitrogen and oxygen atoms in total. The average Bonchev–Trinajstić information content (AvgIpc) is 2.65. The first-order valence-electron chi connectivity index (χ1n) is 8.98. The minimum absolute atomic E-state index is 0.306. The van der Waals surface area contributed by atoms with Crippen molar-refractivity contribution in [2.24, 2.45) is 10.7 Å². The molecular formula is C20H27N5O2. The van der Waals surface area contributed by atoms with E-state index in [4.69, 9.17) is 10.5 Å². The lowest BCUT2D eigenvalue weighted by Crippen LogP contribution is -2.47. The highest BCUT2D eigenvalue weighted by atomic mass is 16.5. The summed E-state index contributed by atoms with van der Waals surface area (Å²) >= 11 is 0. The molecular weight excluding hydrogens is 342 g/mol. The van der Waals surface area contributed by atoms with Gasteiger partial charge >= 0.3 is 6.03 Å². The number of hydrogen-bond acceptors (Lipinski definition) is 4. The van der Waals surface area contributed by atoms with Crippen molar-refractivity contribution in [3.05, 3.63) is 65.5 Å². The van der Waals surface area contributed by atoms with Gasteiger partial charge in [-0.1, -0.05) is 36.4 Å². The summed E-state index contributed by atoms with van der Waals surface area (Å²) in [7, 11) is 0. The van der Waals surface area contributed by atoms with Gasteiger partial charge in [0.15, 0.2) is 0 Å². The molecule has 0 aliphatic heterocycles. The first-order chi connectivity index (χ1) is 13.0. The molecule has 4 N–H and O–H groups in total. The van der Waals surface area contributed by atoms with Crippen LogP contribution in [0.25, 0.3) is 0 Å². The number of nitrogens with one attached hydrogen (secondary N) is 2. The van der Waals surface area contributed by atoms with Crippen LogP contribution in [-0.4, -0.2) is 29.7 Å². The summed E-state index contributed by atoms with van der Waals surface area (Å²) in [6.45, 7) is 4.87. The van der Waals surface area contributed by atoms with Gasteiger partial charge in [-0.2, -0.15) is 0 Å². The molecule has 0 aliphatic rings. The third-order valence-electron chi connectivity index (χ3n) is 3.88. The van der Waals surface area contributed by atoms with Gasteiger partial charge in [-0.15, -0.1) is 0 Å². The molecule has 1 aromatic heterocycles. The van der Waals surface area contributed by atoms with Crippen LogP contribution in [0.4, 0.5) is 4.79 Å². The number of aryl methyl sites for hydroxylation is 2. The molecule has 0 fully saturated rings. The molecule has 0 aliphatic carbocycles. The quantitative estimate of drug-likeness (QED) is 0.288. The highest BCUT2D eigenvalue weighted by Gasteiger charge is 2.08. The lowest BCUT2D eigenvalue weighted by atomic mass is 10.1. The Morgan fingerprint density at radius 2 is 2.04 bits per heavy atom. The Labute approximate surface area is 160 Å². The smallest absolute Gasteiger partial charge is 0.318 e. The van der Waals surface area contributed by atoms with Gasteiger partial charge in [0.2, 0.25) is 5.96 Å². The number of nitrogens with zero attached hydrogens (tertiary/aromatic N) is 2. The molecule has 144 valence electrons. The number of benzene rings is 1. The Balaban J connectivity index is 1.82. The Morgan fingerprint density at radius 3 is 2.74 bits per heavy atom. The monoisotopic (exact) mass is 369 g/mol. The topological polar surface area (TPSA) is 102 Å². The lowest BCUT2D eigenvalue weighted by molar-refractivity contribution is 0.0430. The van der Waals surface area contributed by atoms with E-state index in [2.05, 4.69) is 20.6 Å². The van der Waals surface area contributed by atoms with Crippen LogP contribution in [0.2, 0.25) is 0 Å². The van der Waals surface area contributed by atoms with E-state index in [1.54, 1.807) is 6.20 Å². The van der Waals surface area contributed by atoms with E-state index in [1.807, 2.05) is 56.3 Å². The molecule has 2 aromatic rings. The number of pyridine rings is 1. The van der Waals surface area contributed by atoms with Crippen molar-refractivity contribution in [1.82, 2.24) is 15.6 Å². The zero-order chi connectivity index (χ0) is 19.5. The predicted molar refractivity (Wildman–Crippen MR) is 106 cm³/mol. The summed E-state index contributed by atoms with van der Waals surface area (Å²) in [6, 6.07) is 13.2. The first-order valence-corrected chi connectivity index (χ1v) is 8.98. The third kappa shape index (κ3) is 7.87. The van der Waals surface area contributed by atoms with Crippen molar-refractivity contribution >= 4 is 12.0 Å². The van der Waals surface area contributed by atoms with E-state index in [1.165, 1.54) is 0 Å². The van der Waals surface area contributed by atoms with Gasteiger partial charge in [0.1, 0.15) is 6.23 Å². The SMILES string of the molecule is Cc1cccnc1CCCN=C(NC(N)=O)NC(C)OCc1ccccc1. The highest BCUT2D eigenvalue weighted by molar-refractivity contribution is 5.95. The fraction of sp³-hybridized carbons (Fsp3) is 0.350. The first kappa shape index (κ1) is 20.4. The maximum absolute atomic E-state index is 11.2. The molecule has 1 aromatic carbocycles. The molecule has 2 amide bonds. The fourth-order valence-corrected chi connectivity index (χ4v) is 2.49. The van der Waals surface area contributed by atoms with Gasteiger partial charge in [0.25, 0.3) is 0 Å². The minimum Gasteiger partial charge on any atom is -0.354 e. The van der Waals surface area contributed by atoms with Gasteiger partial charge < -0.3 is 15.8 Å². The van der Waals surface area contributed by atoms with Crippen LogP contribution < -0.4 is 16.4 Å². The number of aliphatic imine (C=N–C) groups is 1. The van der Waals surface area contributed by atoms with E-state index < -0.39 is 6.03 Å². The summed E-state index contributed by atoms with van der Waals surface area (Å²) in [5, 5.41) is 5.53. The summed E-state index contributed by atoms with van der Waals surface area (Å²) in [6.07, 6.45) is 3.08. The zero-order valence-electron chi connectivity index (χ0n) is 15.8. The van der Waals surface area contributed by atoms with E-state index in [-0.39, 0.29) is 6.23 Å². The van der Waals surface area contributed by atoms with Crippen molar-refractivity contribution in [2.75, 3.05) is 6.54 Å². The number of nitrogens with two attached hydrogens (primary N) is 1. The maximum atomic E-state index is 11.2. The van der Waals surface area contributed by atoms with Crippen LogP contribution >= 0.6 is 0 Å². The Kier molecular flexibility index (Phi) is 8.25. The van der Waals surface area contributed by atoms with Crippen LogP contribution in [0.1, 0.15) is 30.2 Å². The molecule has 27 heavy (non-hydrogen) atoms. The minimum atomic E-state index is -0.669. The lowest BCUT2D eigenvalue weighted by Gasteiger charge is -2.17. The van der Waals surface area contributed by atoms with E-state index in [0.717, 1.165) is 29.7 Å². The summed E-state index contributed by atoms with van der Waals surface area (Å²) in [5.74, 6) is 0.306. The van der Waals surface area contributed by atoms with Gasteiger partial charge in [-0.05, 0) is 43.9 Å². The van der Waals surface area contributed by atoms with Crippen LogP contribution in [0.3, 0.4) is 0 Å². The maximum Gasteiger partial charge on any atom is 0.318 e. The zero-order valence-corrected chi connectivity index (χ0v) is 15.8. The van der Waals surface area contributed by atoms with E-state index in [0.29, 0.717) is 19.1 Å². The molecule has 0 bridgehead atoms. The van der Waals surface area contributed by atoms with Crippen LogP contribution in [-0.2, 0) is 17.8 Å². The van der Waals surface area contributed by atoms with Gasteiger partial charge in [0, 0.05) is 18.4 Å². The number of carbonyl (C=O) groups excluding carboxylic acids is 1. The number of rotatable bonds is 8. The Hall–Kier alpha value is -2.93. The molecule has 1 unspecified atom stereocenters. The van der Waals surface area contributed by atoms with Crippen molar-refractivity contribution in [3.63, 3.8) is 0 Å². The van der Waals surface area contributed by atoms with Gasteiger partial charge in [0.05, 0.1) is 6.61 Å². The van der Waals surface area contributed by atoms with Crippen LogP contribution in [0.5, 0.6) is 0 Å². The fourth-order valence-electron chi connectivity index (χ4n) is 2.49. The highest BCUT2D eigenvalue weighted by Crippen LogP contribution is 2.06. The molecule has 1 heterocycles. The van der Waals surface area contributed by atoms with Crippen molar-refractivity contribution in [3.8, 4) is 0 Å². The molecule has 1 atom stereocenters. The number of hydrogen-bond donors (Lipinski definition) is 3. The molecule has 0 saturated heterocycles. The van der Waals surface area contributed by atoms with Crippen LogP contribution in [0, 0.1) is 6.92 Å². The molecule has 0 saturated carbocycles. The number of amides is 2. The number of ether oxygens (including phenoxy) is 1. The molecule has 0 spiro atoms. The number of primary amides is 1. The standard InChI is InChI=1S/C20H27N5O2/c1-15-8-6-12-22-18(15)11-7-13-23-20(25-19(21)26)24-16(2)27-14-17-9-4-3-5-10-17/h3-6,8-10,12,16H,7,11,13-14H2,1-2H3,(H4,21,23,24,25,26). The Bertz CT molecular complexity index is 749. The Morgan fingerprint density at radius 1 is 1.26 bits per heavy atom. The predicted octanol–water partition coefficient (Wildman–Crippen LogP) is 2.50. The second-order valence-electron chi connectivity index (χ2n) is 6.17. The van der Waals surface area contributed by atoms with E-state index >= 15 is 0 Å². The van der Waals surface area contributed by atoms with Crippen molar-refractivity contribution in [1.29, 1.82) is 0 Å². The third-order valence-corrected chi connectivity index (χ3v) is 3.88. The van der Waals surface area contributed by atoms with Gasteiger partial charge in [-0.25, -0.2) is 4.79 Å². The summed E-state index contributed by atoms with van der Waals surface area (Å²) in [5.41, 5.74) is 8.52. The van der Waals surface area contributed by atoms with Crippen molar-refractivity contribution < 1.29 is 9.53 Å². The van der Waals surface area contributed by atoms with Crippen LogP contribution in [0.15, 0.2) is 53.7 Å². The number of guanidine groups is 1. The number of carbonyl (C=O) groups is 1. The largest absolute Gasteiger partial charge is 0.354 e. The number of urea groups is 1. The van der Waals surface area contributed by atoms with E-state index in [9.17, 15) is 4.79 Å². The second-order valence-corrected chi connectivity index (χ2v) is 6.17. The summed E-state index contributed by atoms with van der Waals surface area (Å²) < 4.78 is 5.74.